The molecule has 0 atom stereocenters. The fourth-order valence-electron chi connectivity index (χ4n) is 2.91. The number of hydrogen-bond acceptors (Lipinski definition) is 6. The number of alkyl halides is 3. The molecule has 0 saturated heterocycles. The van der Waals surface area contributed by atoms with Gasteiger partial charge in [-0.1, -0.05) is 18.2 Å². The van der Waals surface area contributed by atoms with E-state index in [4.69, 9.17) is 0 Å². The zero-order valence-corrected chi connectivity index (χ0v) is 16.4. The summed E-state index contributed by atoms with van der Waals surface area (Å²) in [6.45, 7) is 1.34. The molecule has 0 unspecified atom stereocenters. The van der Waals surface area contributed by atoms with E-state index in [0.29, 0.717) is 4.68 Å². The van der Waals surface area contributed by atoms with Crippen LogP contribution >= 0.6 is 0 Å². The van der Waals surface area contributed by atoms with Crippen molar-refractivity contribution in [3.05, 3.63) is 81.7 Å². The van der Waals surface area contributed by atoms with E-state index < -0.39 is 39.9 Å². The molecule has 0 spiro atoms. The van der Waals surface area contributed by atoms with E-state index in [1.165, 1.54) is 49.4 Å². The Morgan fingerprint density at radius 2 is 1.88 bits per heavy atom. The van der Waals surface area contributed by atoms with Crippen molar-refractivity contribution in [3.63, 3.8) is 0 Å². The molecule has 1 amide bonds. The quantitative estimate of drug-likeness (QED) is 0.343. The second-order valence-electron chi connectivity index (χ2n) is 6.32. The third-order valence-electron chi connectivity index (χ3n) is 4.23. The molecule has 0 radical (unpaired) electrons. The van der Waals surface area contributed by atoms with Crippen molar-refractivity contribution in [2.45, 2.75) is 13.1 Å². The van der Waals surface area contributed by atoms with Crippen LogP contribution in [0.3, 0.4) is 0 Å². The maximum absolute atomic E-state index is 13.7. The van der Waals surface area contributed by atoms with Gasteiger partial charge >= 0.3 is 12.1 Å². The number of carbonyl (C=O) groups excluding carboxylic acids is 2. The summed E-state index contributed by atoms with van der Waals surface area (Å²) in [4.78, 5) is 34.8. The van der Waals surface area contributed by atoms with Crippen LogP contribution in [0.15, 0.2) is 54.7 Å². The minimum atomic E-state index is -4.93. The minimum Gasteiger partial charge on any atom is -0.462 e. The Morgan fingerprint density at radius 1 is 1.16 bits per heavy atom. The molecule has 32 heavy (non-hydrogen) atoms. The number of benzene rings is 2. The lowest BCUT2D eigenvalue weighted by Gasteiger charge is -2.13. The molecule has 1 aromatic heterocycles. The number of esters is 1. The summed E-state index contributed by atoms with van der Waals surface area (Å²) >= 11 is 0. The van der Waals surface area contributed by atoms with Crippen LogP contribution in [0.25, 0.3) is 5.69 Å². The van der Waals surface area contributed by atoms with Gasteiger partial charge in [0.25, 0.3) is 11.6 Å². The predicted octanol–water partition coefficient (Wildman–Crippen LogP) is 4.23. The average Bonchev–Trinajstić information content (AvgIpc) is 3.20. The van der Waals surface area contributed by atoms with E-state index in [1.54, 1.807) is 0 Å². The molecule has 12 heteroatoms. The summed E-state index contributed by atoms with van der Waals surface area (Å²) in [5, 5.41) is 17.2. The number of anilines is 1. The van der Waals surface area contributed by atoms with E-state index in [1.807, 2.05) is 0 Å². The van der Waals surface area contributed by atoms with Gasteiger partial charge in [0, 0.05) is 11.8 Å². The SMILES string of the molecule is CCOC(=O)c1cnn(-c2cccc(NC(=O)c3ccccc3[N+](=O)[O-])c2)c1C(F)(F)F. The van der Waals surface area contributed by atoms with Gasteiger partial charge in [-0.3, -0.25) is 14.9 Å². The number of rotatable bonds is 6. The molecule has 1 N–H and O–H groups in total. The molecule has 9 nitrogen and oxygen atoms in total. The fourth-order valence-corrected chi connectivity index (χ4v) is 2.91. The van der Waals surface area contributed by atoms with Gasteiger partial charge in [0.05, 0.1) is 23.4 Å². The summed E-state index contributed by atoms with van der Waals surface area (Å²) in [5.74, 6) is -2.00. The molecule has 1 heterocycles. The Morgan fingerprint density at radius 3 is 2.53 bits per heavy atom. The van der Waals surface area contributed by atoms with Crippen LogP contribution in [0.4, 0.5) is 24.5 Å². The second kappa shape index (κ2) is 8.88. The molecule has 0 aliphatic heterocycles. The molecular formula is C20H15F3N4O5. The monoisotopic (exact) mass is 448 g/mol. The van der Waals surface area contributed by atoms with Gasteiger partial charge < -0.3 is 10.1 Å². The second-order valence-corrected chi connectivity index (χ2v) is 6.32. The molecule has 3 rings (SSSR count). The van der Waals surface area contributed by atoms with Crippen LogP contribution in [0.2, 0.25) is 0 Å². The number of hydrogen-bond donors (Lipinski definition) is 1. The highest BCUT2D eigenvalue weighted by atomic mass is 19.4. The van der Waals surface area contributed by atoms with E-state index in [-0.39, 0.29) is 23.5 Å². The number of nitrogens with one attached hydrogen (secondary N) is 1. The van der Waals surface area contributed by atoms with Crippen molar-refractivity contribution in [2.24, 2.45) is 0 Å². The maximum atomic E-state index is 13.7. The highest BCUT2D eigenvalue weighted by molar-refractivity contribution is 6.07. The smallest absolute Gasteiger partial charge is 0.434 e. The minimum absolute atomic E-state index is 0.0620. The van der Waals surface area contributed by atoms with Crippen molar-refractivity contribution in [2.75, 3.05) is 11.9 Å². The number of nitro benzene ring substituents is 1. The third kappa shape index (κ3) is 4.58. The maximum Gasteiger partial charge on any atom is 0.434 e. The third-order valence-corrected chi connectivity index (χ3v) is 4.23. The Labute approximate surface area is 178 Å². The lowest BCUT2D eigenvalue weighted by atomic mass is 10.1. The zero-order chi connectivity index (χ0) is 23.5. The highest BCUT2D eigenvalue weighted by Crippen LogP contribution is 2.34. The van der Waals surface area contributed by atoms with Crippen LogP contribution in [-0.4, -0.2) is 33.2 Å². The van der Waals surface area contributed by atoms with E-state index in [9.17, 15) is 32.9 Å². The Balaban J connectivity index is 1.98. The number of aromatic nitrogens is 2. The molecule has 0 bridgehead atoms. The van der Waals surface area contributed by atoms with E-state index in [2.05, 4.69) is 15.2 Å². The van der Waals surface area contributed by atoms with Gasteiger partial charge in [-0.05, 0) is 31.2 Å². The molecule has 166 valence electrons. The largest absolute Gasteiger partial charge is 0.462 e. The molecule has 0 aliphatic carbocycles. The van der Waals surface area contributed by atoms with Crippen LogP contribution in [-0.2, 0) is 10.9 Å². The number of nitrogens with zero attached hydrogens (tertiary/aromatic N) is 3. The van der Waals surface area contributed by atoms with Gasteiger partial charge in [0.2, 0.25) is 0 Å². The number of amides is 1. The van der Waals surface area contributed by atoms with E-state index >= 15 is 0 Å². The summed E-state index contributed by atoms with van der Waals surface area (Å²) in [6, 6.07) is 10.5. The number of nitro groups is 1. The highest BCUT2D eigenvalue weighted by Gasteiger charge is 2.41. The standard InChI is InChI=1S/C20H15F3N4O5/c1-2-32-19(29)15-11-24-26(17(15)20(21,22)23)13-7-5-6-12(10-13)25-18(28)14-8-3-4-9-16(14)27(30)31/h3-11H,2H2,1H3,(H,25,28). The first-order chi connectivity index (χ1) is 15.1. The lowest BCUT2D eigenvalue weighted by Crippen LogP contribution is -2.19. The Hall–Kier alpha value is -4.22. The fraction of sp³-hybridized carbons (Fsp3) is 0.150. The van der Waals surface area contributed by atoms with Crippen LogP contribution in [0.1, 0.15) is 33.3 Å². The Bertz CT molecular complexity index is 1190. The van der Waals surface area contributed by atoms with Gasteiger partial charge in [-0.25, -0.2) is 9.48 Å². The van der Waals surface area contributed by atoms with Crippen molar-refractivity contribution < 1.29 is 32.4 Å². The normalized spacial score (nSPS) is 11.1. The van der Waals surface area contributed by atoms with Gasteiger partial charge in [-0.2, -0.15) is 18.3 Å². The van der Waals surface area contributed by atoms with Crippen LogP contribution in [0.5, 0.6) is 0 Å². The summed E-state index contributed by atoms with van der Waals surface area (Å²) in [7, 11) is 0. The summed E-state index contributed by atoms with van der Waals surface area (Å²) < 4.78 is 46.2. The van der Waals surface area contributed by atoms with E-state index in [0.717, 1.165) is 12.3 Å². The molecule has 3 aromatic rings. The molecule has 0 fully saturated rings. The summed E-state index contributed by atoms with van der Waals surface area (Å²) in [5.41, 5.74) is -2.78. The molecular weight excluding hydrogens is 433 g/mol. The Kier molecular flexibility index (Phi) is 6.23. The predicted molar refractivity (Wildman–Crippen MR) is 106 cm³/mol. The number of halogens is 3. The van der Waals surface area contributed by atoms with Crippen molar-refractivity contribution in [1.29, 1.82) is 0 Å². The number of ether oxygens (including phenoxy) is 1. The van der Waals surface area contributed by atoms with Crippen LogP contribution in [0, 0.1) is 10.1 Å². The molecule has 2 aromatic carbocycles. The first-order valence-electron chi connectivity index (χ1n) is 9.11. The van der Waals surface area contributed by atoms with Gasteiger partial charge in [0.1, 0.15) is 11.1 Å². The molecule has 0 aliphatic rings. The number of carbonyl (C=O) groups is 2. The van der Waals surface area contributed by atoms with Gasteiger partial charge in [-0.15, -0.1) is 0 Å². The first-order valence-corrected chi connectivity index (χ1v) is 9.11. The summed E-state index contributed by atoms with van der Waals surface area (Å²) in [6.07, 6.45) is -4.18. The van der Waals surface area contributed by atoms with Gasteiger partial charge in [0.15, 0.2) is 5.69 Å². The number of para-hydroxylation sites is 1. The van der Waals surface area contributed by atoms with Crippen molar-refractivity contribution in [1.82, 2.24) is 9.78 Å². The van der Waals surface area contributed by atoms with Crippen molar-refractivity contribution in [3.8, 4) is 5.69 Å². The molecule has 0 saturated carbocycles. The van der Waals surface area contributed by atoms with Crippen molar-refractivity contribution >= 4 is 23.3 Å². The average molecular weight is 448 g/mol. The first kappa shape index (κ1) is 22.5. The topological polar surface area (TPSA) is 116 Å². The zero-order valence-electron chi connectivity index (χ0n) is 16.4. The van der Waals surface area contributed by atoms with Crippen LogP contribution < -0.4 is 5.32 Å². The lowest BCUT2D eigenvalue weighted by molar-refractivity contribution is -0.385.